The van der Waals surface area contributed by atoms with Gasteiger partial charge in [0, 0.05) is 23.4 Å². The topological polar surface area (TPSA) is 84.5 Å². The second-order valence-corrected chi connectivity index (χ2v) is 7.04. The van der Waals surface area contributed by atoms with Crippen molar-refractivity contribution in [3.05, 3.63) is 51.9 Å². The maximum atomic E-state index is 12.2. The predicted molar refractivity (Wildman–Crippen MR) is 106 cm³/mol. The van der Waals surface area contributed by atoms with Crippen molar-refractivity contribution in [2.45, 2.75) is 33.6 Å². The van der Waals surface area contributed by atoms with E-state index in [0.717, 1.165) is 16.9 Å². The lowest BCUT2D eigenvalue weighted by molar-refractivity contribution is -0.116. The molecule has 1 aromatic carbocycles. The van der Waals surface area contributed by atoms with Gasteiger partial charge in [0.2, 0.25) is 5.91 Å². The molecule has 1 aromatic heterocycles. The highest BCUT2D eigenvalue weighted by molar-refractivity contribution is 7.16. The van der Waals surface area contributed by atoms with Crippen LogP contribution >= 0.6 is 11.3 Å². The molecule has 2 N–H and O–H groups in total. The van der Waals surface area contributed by atoms with Crippen LogP contribution in [0.4, 0.5) is 5.00 Å². The molecule has 0 aliphatic carbocycles. The van der Waals surface area contributed by atoms with E-state index in [9.17, 15) is 14.4 Å². The third-order valence-electron chi connectivity index (χ3n) is 3.91. The Kier molecular flexibility index (Phi) is 7.55. The maximum absolute atomic E-state index is 12.2. The van der Waals surface area contributed by atoms with Gasteiger partial charge in [0.05, 0.1) is 12.2 Å². The van der Waals surface area contributed by atoms with Crippen molar-refractivity contribution in [3.63, 3.8) is 0 Å². The Morgan fingerprint density at radius 3 is 2.52 bits per heavy atom. The largest absolute Gasteiger partial charge is 0.462 e. The zero-order valence-electron chi connectivity index (χ0n) is 15.8. The number of carbonyl (C=O) groups excluding carboxylic acids is 3. The first-order valence-electron chi connectivity index (χ1n) is 8.89. The SMILES string of the molecule is CCOC(=O)c1cc(CC)sc1NC(=O)CCNC(=O)c1ccccc1C. The van der Waals surface area contributed by atoms with Crippen LogP contribution in [0.2, 0.25) is 0 Å². The summed E-state index contributed by atoms with van der Waals surface area (Å²) in [6.07, 6.45) is 0.874. The van der Waals surface area contributed by atoms with Crippen LogP contribution in [0.25, 0.3) is 0 Å². The Hall–Kier alpha value is -2.67. The maximum Gasteiger partial charge on any atom is 0.341 e. The van der Waals surface area contributed by atoms with Crippen LogP contribution < -0.4 is 10.6 Å². The van der Waals surface area contributed by atoms with Crippen molar-refractivity contribution in [2.75, 3.05) is 18.5 Å². The molecule has 0 spiro atoms. The molecule has 0 fully saturated rings. The van der Waals surface area contributed by atoms with Crippen LogP contribution in [0.3, 0.4) is 0 Å². The van der Waals surface area contributed by atoms with Gasteiger partial charge in [-0.1, -0.05) is 25.1 Å². The number of esters is 1. The highest BCUT2D eigenvalue weighted by Gasteiger charge is 2.18. The van der Waals surface area contributed by atoms with Crippen LogP contribution in [0.1, 0.15) is 51.4 Å². The summed E-state index contributed by atoms with van der Waals surface area (Å²) in [5.41, 5.74) is 1.84. The summed E-state index contributed by atoms with van der Waals surface area (Å²) in [4.78, 5) is 37.4. The van der Waals surface area contributed by atoms with E-state index in [-0.39, 0.29) is 31.4 Å². The molecule has 0 atom stereocenters. The summed E-state index contributed by atoms with van der Waals surface area (Å²) in [5, 5.41) is 5.99. The summed E-state index contributed by atoms with van der Waals surface area (Å²) < 4.78 is 5.04. The van der Waals surface area contributed by atoms with E-state index >= 15 is 0 Å². The summed E-state index contributed by atoms with van der Waals surface area (Å²) in [5.74, 6) is -0.927. The van der Waals surface area contributed by atoms with Crippen molar-refractivity contribution in [1.29, 1.82) is 0 Å². The lowest BCUT2D eigenvalue weighted by Crippen LogP contribution is -2.28. The Morgan fingerprint density at radius 2 is 1.85 bits per heavy atom. The molecule has 2 amide bonds. The normalized spacial score (nSPS) is 10.3. The lowest BCUT2D eigenvalue weighted by atomic mass is 10.1. The van der Waals surface area contributed by atoms with Gasteiger partial charge in [0.25, 0.3) is 5.91 Å². The van der Waals surface area contributed by atoms with Gasteiger partial charge in [-0.05, 0) is 38.0 Å². The third kappa shape index (κ3) is 5.65. The second kappa shape index (κ2) is 9.87. The number of thiophene rings is 1. The number of nitrogens with one attached hydrogen (secondary N) is 2. The van der Waals surface area contributed by atoms with Gasteiger partial charge in [-0.2, -0.15) is 0 Å². The summed E-state index contributed by atoms with van der Waals surface area (Å²) >= 11 is 1.36. The van der Waals surface area contributed by atoms with E-state index < -0.39 is 5.97 Å². The Bertz CT molecular complexity index is 829. The van der Waals surface area contributed by atoms with Gasteiger partial charge >= 0.3 is 5.97 Å². The van der Waals surface area contributed by atoms with Crippen LogP contribution in [-0.2, 0) is 16.0 Å². The van der Waals surface area contributed by atoms with Crippen LogP contribution in [0.15, 0.2) is 30.3 Å². The van der Waals surface area contributed by atoms with Crippen LogP contribution in [-0.4, -0.2) is 30.9 Å². The average Bonchev–Trinajstić information content (AvgIpc) is 3.05. The molecule has 6 nitrogen and oxygen atoms in total. The smallest absolute Gasteiger partial charge is 0.341 e. The van der Waals surface area contributed by atoms with Crippen molar-refractivity contribution >= 4 is 34.1 Å². The summed E-state index contributed by atoms with van der Waals surface area (Å²) in [6, 6.07) is 9.02. The number of aryl methyl sites for hydroxylation is 2. The standard InChI is InChI=1S/C20H24N2O4S/c1-4-14-12-16(20(25)26-5-2)19(27-14)22-17(23)10-11-21-18(24)15-9-7-6-8-13(15)3/h6-9,12H,4-5,10-11H2,1-3H3,(H,21,24)(H,22,23). The van der Waals surface area contributed by atoms with Crippen LogP contribution in [0.5, 0.6) is 0 Å². The third-order valence-corrected chi connectivity index (χ3v) is 5.10. The minimum atomic E-state index is -0.448. The lowest BCUT2D eigenvalue weighted by Gasteiger charge is -2.08. The fourth-order valence-electron chi connectivity index (χ4n) is 2.47. The number of anilines is 1. The van der Waals surface area contributed by atoms with Gasteiger partial charge in [-0.15, -0.1) is 11.3 Å². The van der Waals surface area contributed by atoms with E-state index in [0.29, 0.717) is 16.1 Å². The van der Waals surface area contributed by atoms with Gasteiger partial charge in [0.1, 0.15) is 5.00 Å². The molecular weight excluding hydrogens is 364 g/mol. The average molecular weight is 388 g/mol. The highest BCUT2D eigenvalue weighted by atomic mass is 32.1. The number of rotatable bonds is 8. The fourth-order valence-corrected chi connectivity index (χ4v) is 3.47. The number of benzene rings is 1. The first kappa shape index (κ1) is 20.6. The summed E-state index contributed by atoms with van der Waals surface area (Å²) in [7, 11) is 0. The molecule has 0 saturated carbocycles. The van der Waals surface area contributed by atoms with Gasteiger partial charge in [0.15, 0.2) is 0 Å². The molecule has 144 valence electrons. The van der Waals surface area contributed by atoms with Crippen molar-refractivity contribution < 1.29 is 19.1 Å². The molecule has 0 saturated heterocycles. The van der Waals surface area contributed by atoms with E-state index in [2.05, 4.69) is 10.6 Å². The summed E-state index contributed by atoms with van der Waals surface area (Å²) in [6.45, 7) is 6.06. The minimum absolute atomic E-state index is 0.110. The van der Waals surface area contributed by atoms with E-state index in [1.54, 1.807) is 25.1 Å². The monoisotopic (exact) mass is 388 g/mol. The van der Waals surface area contributed by atoms with Gasteiger partial charge in [-0.3, -0.25) is 9.59 Å². The molecule has 7 heteroatoms. The quantitative estimate of drug-likeness (QED) is 0.677. The van der Waals surface area contributed by atoms with E-state index in [1.165, 1.54) is 11.3 Å². The van der Waals surface area contributed by atoms with Crippen molar-refractivity contribution in [2.24, 2.45) is 0 Å². The molecule has 0 aliphatic heterocycles. The molecule has 2 rings (SSSR count). The zero-order chi connectivity index (χ0) is 19.8. The number of ether oxygens (including phenoxy) is 1. The number of hydrogen-bond acceptors (Lipinski definition) is 5. The van der Waals surface area contributed by atoms with Gasteiger partial charge < -0.3 is 15.4 Å². The molecular formula is C20H24N2O4S. The Balaban J connectivity index is 1.92. The van der Waals surface area contributed by atoms with Crippen LogP contribution in [0, 0.1) is 6.92 Å². The van der Waals surface area contributed by atoms with Gasteiger partial charge in [-0.25, -0.2) is 4.79 Å². The van der Waals surface area contributed by atoms with E-state index in [4.69, 9.17) is 4.74 Å². The van der Waals surface area contributed by atoms with Crippen molar-refractivity contribution in [1.82, 2.24) is 5.32 Å². The number of hydrogen-bond donors (Lipinski definition) is 2. The predicted octanol–water partition coefficient (Wildman–Crippen LogP) is 3.55. The first-order valence-corrected chi connectivity index (χ1v) is 9.71. The second-order valence-electron chi connectivity index (χ2n) is 5.90. The number of carbonyl (C=O) groups is 3. The molecule has 0 radical (unpaired) electrons. The molecule has 0 unspecified atom stereocenters. The fraction of sp³-hybridized carbons (Fsp3) is 0.350. The van der Waals surface area contributed by atoms with E-state index in [1.807, 2.05) is 26.0 Å². The first-order chi connectivity index (χ1) is 13.0. The molecule has 27 heavy (non-hydrogen) atoms. The Labute approximate surface area is 162 Å². The zero-order valence-corrected chi connectivity index (χ0v) is 16.6. The molecule has 2 aromatic rings. The Morgan fingerprint density at radius 1 is 1.11 bits per heavy atom. The molecule has 1 heterocycles. The number of amides is 2. The molecule has 0 bridgehead atoms. The molecule has 0 aliphatic rings. The minimum Gasteiger partial charge on any atom is -0.462 e. The highest BCUT2D eigenvalue weighted by Crippen LogP contribution is 2.29. The van der Waals surface area contributed by atoms with Crippen molar-refractivity contribution in [3.8, 4) is 0 Å².